The van der Waals surface area contributed by atoms with Gasteiger partial charge in [-0.05, 0) is 39.5 Å². The standard InChI is InChI=1S/C14H30O3/c1-13(2)12-16-10-6-8-15-9-7-11-17-14(3,4)5/h13H,6-12H2,1-5H3. The molecule has 0 bridgehead atoms. The van der Waals surface area contributed by atoms with E-state index in [4.69, 9.17) is 14.2 Å². The molecule has 0 rings (SSSR count). The van der Waals surface area contributed by atoms with Crippen LogP contribution in [0.4, 0.5) is 0 Å². The topological polar surface area (TPSA) is 27.7 Å². The summed E-state index contributed by atoms with van der Waals surface area (Å²) < 4.78 is 16.6. The van der Waals surface area contributed by atoms with Gasteiger partial charge in [-0.25, -0.2) is 0 Å². The van der Waals surface area contributed by atoms with E-state index in [0.29, 0.717) is 5.92 Å². The van der Waals surface area contributed by atoms with Gasteiger partial charge in [0.2, 0.25) is 0 Å². The molecule has 0 aromatic carbocycles. The van der Waals surface area contributed by atoms with Gasteiger partial charge in [0.1, 0.15) is 0 Å². The van der Waals surface area contributed by atoms with Crippen molar-refractivity contribution in [3.8, 4) is 0 Å². The van der Waals surface area contributed by atoms with E-state index < -0.39 is 0 Å². The van der Waals surface area contributed by atoms with Crippen molar-refractivity contribution in [2.24, 2.45) is 5.92 Å². The minimum atomic E-state index is -0.0370. The van der Waals surface area contributed by atoms with Crippen LogP contribution in [0.2, 0.25) is 0 Å². The summed E-state index contributed by atoms with van der Waals surface area (Å²) in [6, 6.07) is 0. The molecule has 0 heterocycles. The highest BCUT2D eigenvalue weighted by atomic mass is 16.5. The van der Waals surface area contributed by atoms with Crippen molar-refractivity contribution < 1.29 is 14.2 Å². The van der Waals surface area contributed by atoms with Gasteiger partial charge in [0.15, 0.2) is 0 Å². The van der Waals surface area contributed by atoms with Crippen LogP contribution in [0.1, 0.15) is 47.5 Å². The van der Waals surface area contributed by atoms with Crippen molar-refractivity contribution in [3.63, 3.8) is 0 Å². The summed E-state index contributed by atoms with van der Waals surface area (Å²) in [4.78, 5) is 0. The molecule has 104 valence electrons. The molecule has 0 radical (unpaired) electrons. The van der Waals surface area contributed by atoms with Gasteiger partial charge in [-0.15, -0.1) is 0 Å². The monoisotopic (exact) mass is 246 g/mol. The fourth-order valence-electron chi connectivity index (χ4n) is 1.22. The Morgan fingerprint density at radius 2 is 1.35 bits per heavy atom. The van der Waals surface area contributed by atoms with E-state index in [1.54, 1.807) is 0 Å². The second-order valence-corrected chi connectivity index (χ2v) is 5.75. The third-order valence-electron chi connectivity index (χ3n) is 2.00. The Balaban J connectivity index is 3.04. The molecule has 3 heteroatoms. The summed E-state index contributed by atoms with van der Waals surface area (Å²) in [6.45, 7) is 14.5. The Morgan fingerprint density at radius 1 is 0.824 bits per heavy atom. The first-order valence-electron chi connectivity index (χ1n) is 6.71. The molecule has 17 heavy (non-hydrogen) atoms. The molecule has 0 saturated heterocycles. The number of hydrogen-bond acceptors (Lipinski definition) is 3. The molecule has 0 aromatic heterocycles. The lowest BCUT2D eigenvalue weighted by molar-refractivity contribution is -0.0150. The Kier molecular flexibility index (Phi) is 9.79. The van der Waals surface area contributed by atoms with E-state index in [1.165, 1.54) is 0 Å². The molecule has 0 aromatic rings. The minimum absolute atomic E-state index is 0.0370. The largest absolute Gasteiger partial charge is 0.381 e. The van der Waals surface area contributed by atoms with Crippen molar-refractivity contribution in [2.45, 2.75) is 53.1 Å². The molecule has 3 nitrogen and oxygen atoms in total. The van der Waals surface area contributed by atoms with Gasteiger partial charge >= 0.3 is 0 Å². The Bertz CT molecular complexity index is 161. The van der Waals surface area contributed by atoms with Crippen LogP contribution in [0, 0.1) is 5.92 Å². The van der Waals surface area contributed by atoms with E-state index in [-0.39, 0.29) is 5.60 Å². The molecule has 0 fully saturated rings. The average molecular weight is 246 g/mol. The molecule has 0 atom stereocenters. The SMILES string of the molecule is CC(C)COCCCOCCCOC(C)(C)C. The van der Waals surface area contributed by atoms with Gasteiger partial charge < -0.3 is 14.2 Å². The summed E-state index contributed by atoms with van der Waals surface area (Å²) in [5.41, 5.74) is -0.0370. The van der Waals surface area contributed by atoms with Crippen LogP contribution in [-0.4, -0.2) is 38.6 Å². The van der Waals surface area contributed by atoms with Gasteiger partial charge in [-0.1, -0.05) is 13.8 Å². The van der Waals surface area contributed by atoms with Gasteiger partial charge in [0, 0.05) is 33.0 Å². The maximum atomic E-state index is 5.60. The zero-order valence-electron chi connectivity index (χ0n) is 12.3. The molecular formula is C14H30O3. The van der Waals surface area contributed by atoms with Crippen LogP contribution in [0.15, 0.2) is 0 Å². The van der Waals surface area contributed by atoms with Gasteiger partial charge in [-0.3, -0.25) is 0 Å². The van der Waals surface area contributed by atoms with Crippen LogP contribution in [-0.2, 0) is 14.2 Å². The van der Waals surface area contributed by atoms with E-state index in [1.807, 2.05) is 0 Å². The van der Waals surface area contributed by atoms with Crippen molar-refractivity contribution in [1.29, 1.82) is 0 Å². The lowest BCUT2D eigenvalue weighted by atomic mass is 10.2. The van der Waals surface area contributed by atoms with Gasteiger partial charge in [0.25, 0.3) is 0 Å². The number of hydrogen-bond donors (Lipinski definition) is 0. The minimum Gasteiger partial charge on any atom is -0.381 e. The molecule has 0 aliphatic carbocycles. The predicted molar refractivity (Wildman–Crippen MR) is 71.4 cm³/mol. The second kappa shape index (κ2) is 9.86. The Hall–Kier alpha value is -0.120. The molecule has 0 aliphatic heterocycles. The highest BCUT2D eigenvalue weighted by Gasteiger charge is 2.08. The first kappa shape index (κ1) is 16.9. The normalized spacial score (nSPS) is 12.4. The maximum Gasteiger partial charge on any atom is 0.0598 e. The smallest absolute Gasteiger partial charge is 0.0598 e. The third-order valence-corrected chi connectivity index (χ3v) is 2.00. The molecule has 0 spiro atoms. The summed E-state index contributed by atoms with van der Waals surface area (Å²) in [7, 11) is 0. The first-order chi connectivity index (χ1) is 7.92. The summed E-state index contributed by atoms with van der Waals surface area (Å²) in [5.74, 6) is 0.616. The molecule has 0 N–H and O–H groups in total. The molecule has 0 unspecified atom stereocenters. The highest BCUT2D eigenvalue weighted by molar-refractivity contribution is 4.58. The average Bonchev–Trinajstić information content (AvgIpc) is 2.18. The first-order valence-corrected chi connectivity index (χ1v) is 6.71. The van der Waals surface area contributed by atoms with Crippen LogP contribution in [0.25, 0.3) is 0 Å². The van der Waals surface area contributed by atoms with Crippen molar-refractivity contribution >= 4 is 0 Å². The fourth-order valence-corrected chi connectivity index (χ4v) is 1.22. The number of ether oxygens (including phenoxy) is 3. The van der Waals surface area contributed by atoms with E-state index in [2.05, 4.69) is 34.6 Å². The summed E-state index contributed by atoms with van der Waals surface area (Å²) >= 11 is 0. The second-order valence-electron chi connectivity index (χ2n) is 5.75. The van der Waals surface area contributed by atoms with Gasteiger partial charge in [-0.2, -0.15) is 0 Å². The summed E-state index contributed by atoms with van der Waals surface area (Å²) in [6.07, 6.45) is 1.94. The van der Waals surface area contributed by atoms with E-state index in [0.717, 1.165) is 45.9 Å². The maximum absolute atomic E-state index is 5.60. The zero-order valence-corrected chi connectivity index (χ0v) is 12.3. The summed E-state index contributed by atoms with van der Waals surface area (Å²) in [5, 5.41) is 0. The Labute approximate surface area is 107 Å². The van der Waals surface area contributed by atoms with Crippen LogP contribution >= 0.6 is 0 Å². The molecule has 0 aliphatic rings. The molecule has 0 amide bonds. The van der Waals surface area contributed by atoms with Crippen molar-refractivity contribution in [2.75, 3.05) is 33.0 Å². The zero-order chi connectivity index (χ0) is 13.1. The lowest BCUT2D eigenvalue weighted by Crippen LogP contribution is -2.20. The van der Waals surface area contributed by atoms with Crippen LogP contribution < -0.4 is 0 Å². The molecule has 0 saturated carbocycles. The molecular weight excluding hydrogens is 216 g/mol. The lowest BCUT2D eigenvalue weighted by Gasteiger charge is -2.19. The Morgan fingerprint density at radius 3 is 1.88 bits per heavy atom. The van der Waals surface area contributed by atoms with E-state index in [9.17, 15) is 0 Å². The van der Waals surface area contributed by atoms with Crippen molar-refractivity contribution in [1.82, 2.24) is 0 Å². The third kappa shape index (κ3) is 15.9. The van der Waals surface area contributed by atoms with Crippen LogP contribution in [0.3, 0.4) is 0 Å². The highest BCUT2D eigenvalue weighted by Crippen LogP contribution is 2.06. The van der Waals surface area contributed by atoms with E-state index >= 15 is 0 Å². The van der Waals surface area contributed by atoms with Crippen LogP contribution in [0.5, 0.6) is 0 Å². The predicted octanol–water partition coefficient (Wildman–Crippen LogP) is 3.27. The van der Waals surface area contributed by atoms with Gasteiger partial charge in [0.05, 0.1) is 5.60 Å². The van der Waals surface area contributed by atoms with Crippen molar-refractivity contribution in [3.05, 3.63) is 0 Å². The fraction of sp³-hybridized carbons (Fsp3) is 1.00. The number of rotatable bonds is 10. The quantitative estimate of drug-likeness (QED) is 0.554.